The van der Waals surface area contributed by atoms with Gasteiger partial charge in [0.1, 0.15) is 0 Å². The van der Waals surface area contributed by atoms with Gasteiger partial charge >= 0.3 is 0 Å². The first kappa shape index (κ1) is 9.09. The largest absolute Gasteiger partial charge is 0.348 e. The molecule has 1 aromatic carbocycles. The zero-order valence-electron chi connectivity index (χ0n) is 8.84. The number of fused-ring (bicyclic) bond motifs is 3. The van der Waals surface area contributed by atoms with Gasteiger partial charge in [-0.05, 0) is 6.07 Å². The van der Waals surface area contributed by atoms with E-state index in [4.69, 9.17) is 0 Å². The molecule has 0 saturated carbocycles. The van der Waals surface area contributed by atoms with Crippen molar-refractivity contribution in [1.29, 1.82) is 0 Å². The smallest absolute Gasteiger partial charge is 0.152 e. The number of pyridine rings is 1. The van der Waals surface area contributed by atoms with Crippen molar-refractivity contribution >= 4 is 28.1 Å². The van der Waals surface area contributed by atoms with Crippen LogP contribution in [-0.2, 0) is 7.05 Å². The summed E-state index contributed by atoms with van der Waals surface area (Å²) in [7, 11) is 1.93. The summed E-state index contributed by atoms with van der Waals surface area (Å²) in [6.07, 6.45) is 4.50. The van der Waals surface area contributed by atoms with Crippen LogP contribution in [-0.4, -0.2) is 15.8 Å². The van der Waals surface area contributed by atoms with Crippen LogP contribution in [0.4, 0.5) is 0 Å². The van der Waals surface area contributed by atoms with E-state index in [0.717, 1.165) is 28.1 Å². The third kappa shape index (κ3) is 1.08. The van der Waals surface area contributed by atoms with Gasteiger partial charge in [0.05, 0.1) is 11.0 Å². The van der Waals surface area contributed by atoms with Gasteiger partial charge in [0, 0.05) is 35.8 Å². The first-order valence-corrected chi connectivity index (χ1v) is 5.09. The minimum absolute atomic E-state index is 0.713. The quantitative estimate of drug-likeness (QED) is 0.578. The van der Waals surface area contributed by atoms with Gasteiger partial charge in [0.25, 0.3) is 0 Å². The van der Waals surface area contributed by atoms with Crippen LogP contribution in [0.2, 0.25) is 0 Å². The van der Waals surface area contributed by atoms with Crippen LogP contribution in [0.25, 0.3) is 21.8 Å². The first-order valence-electron chi connectivity index (χ1n) is 5.09. The number of aromatic nitrogens is 2. The third-order valence-electron chi connectivity index (χ3n) is 2.87. The molecule has 0 radical (unpaired) electrons. The Bertz CT molecular complexity index is 698. The molecule has 3 rings (SSSR count). The monoisotopic (exact) mass is 210 g/mol. The second-order valence-corrected chi connectivity index (χ2v) is 3.85. The molecule has 0 aliphatic heterocycles. The predicted octanol–water partition coefficient (Wildman–Crippen LogP) is 2.54. The van der Waals surface area contributed by atoms with E-state index in [2.05, 4.69) is 4.98 Å². The first-order chi connectivity index (χ1) is 7.81. The zero-order chi connectivity index (χ0) is 11.1. The Hall–Kier alpha value is -2.16. The molecular weight excluding hydrogens is 200 g/mol. The number of hydrogen-bond acceptors (Lipinski definition) is 2. The fraction of sp³-hybridized carbons (Fsp3) is 0.0769. The van der Waals surface area contributed by atoms with Crippen LogP contribution in [0.15, 0.2) is 36.7 Å². The number of aryl methyl sites for hydroxylation is 1. The summed E-state index contributed by atoms with van der Waals surface area (Å²) in [5, 5.41) is 2.05. The van der Waals surface area contributed by atoms with E-state index in [0.29, 0.717) is 5.56 Å². The van der Waals surface area contributed by atoms with Crippen molar-refractivity contribution in [3.05, 3.63) is 42.2 Å². The lowest BCUT2D eigenvalue weighted by Crippen LogP contribution is -1.87. The molecule has 2 heterocycles. The van der Waals surface area contributed by atoms with Gasteiger partial charge in [-0.15, -0.1) is 0 Å². The van der Waals surface area contributed by atoms with E-state index in [1.807, 2.05) is 42.1 Å². The number of hydrogen-bond donors (Lipinski definition) is 0. The zero-order valence-corrected chi connectivity index (χ0v) is 8.84. The highest BCUT2D eigenvalue weighted by Gasteiger charge is 2.09. The predicted molar refractivity (Wildman–Crippen MR) is 63.6 cm³/mol. The highest BCUT2D eigenvalue weighted by atomic mass is 16.1. The van der Waals surface area contributed by atoms with E-state index in [1.165, 1.54) is 0 Å². The van der Waals surface area contributed by atoms with Crippen LogP contribution < -0.4 is 0 Å². The van der Waals surface area contributed by atoms with Crippen molar-refractivity contribution in [2.24, 2.45) is 7.05 Å². The maximum Gasteiger partial charge on any atom is 0.152 e. The molecule has 3 aromatic rings. The average Bonchev–Trinajstić information content (AvgIpc) is 2.66. The molecule has 0 bridgehead atoms. The van der Waals surface area contributed by atoms with Crippen LogP contribution in [0.5, 0.6) is 0 Å². The maximum absolute atomic E-state index is 10.9. The molecule has 0 aliphatic carbocycles. The SMILES string of the molecule is Cn1cc(C=O)c2ccc3cccnc3c21. The molecule has 16 heavy (non-hydrogen) atoms. The summed E-state index contributed by atoms with van der Waals surface area (Å²) < 4.78 is 1.95. The Kier molecular flexibility index (Phi) is 1.80. The van der Waals surface area contributed by atoms with E-state index >= 15 is 0 Å². The Morgan fingerprint density at radius 2 is 2.19 bits per heavy atom. The van der Waals surface area contributed by atoms with Crippen LogP contribution in [0, 0.1) is 0 Å². The minimum atomic E-state index is 0.713. The molecule has 78 valence electrons. The van der Waals surface area contributed by atoms with Gasteiger partial charge in [-0.1, -0.05) is 18.2 Å². The van der Waals surface area contributed by atoms with Gasteiger partial charge in [-0.3, -0.25) is 9.78 Å². The molecule has 0 unspecified atom stereocenters. The van der Waals surface area contributed by atoms with Crippen LogP contribution in [0.3, 0.4) is 0 Å². The Morgan fingerprint density at radius 1 is 1.31 bits per heavy atom. The highest BCUT2D eigenvalue weighted by molar-refractivity contribution is 6.09. The van der Waals surface area contributed by atoms with E-state index in [1.54, 1.807) is 6.20 Å². The van der Waals surface area contributed by atoms with Gasteiger partial charge in [-0.25, -0.2) is 0 Å². The maximum atomic E-state index is 10.9. The summed E-state index contributed by atoms with van der Waals surface area (Å²) in [4.78, 5) is 15.3. The third-order valence-corrected chi connectivity index (χ3v) is 2.87. The Balaban J connectivity index is 2.60. The molecule has 0 N–H and O–H groups in total. The van der Waals surface area contributed by atoms with Gasteiger partial charge in [-0.2, -0.15) is 0 Å². The summed E-state index contributed by atoms with van der Waals surface area (Å²) in [6, 6.07) is 7.91. The van der Waals surface area contributed by atoms with E-state index in [-0.39, 0.29) is 0 Å². The number of carbonyl (C=O) groups excluding carboxylic acids is 1. The van der Waals surface area contributed by atoms with Crippen molar-refractivity contribution < 1.29 is 4.79 Å². The molecule has 3 heteroatoms. The topological polar surface area (TPSA) is 34.9 Å². The molecule has 0 atom stereocenters. The number of aldehydes is 1. The summed E-state index contributed by atoms with van der Waals surface area (Å²) in [5.74, 6) is 0. The number of carbonyl (C=O) groups is 1. The fourth-order valence-electron chi connectivity index (χ4n) is 2.16. The van der Waals surface area contributed by atoms with Gasteiger partial charge in [0.2, 0.25) is 0 Å². The molecular formula is C13H10N2O. The summed E-state index contributed by atoms with van der Waals surface area (Å²) in [5.41, 5.74) is 2.67. The molecule has 0 amide bonds. The number of nitrogens with zero attached hydrogens (tertiary/aromatic N) is 2. The average molecular weight is 210 g/mol. The van der Waals surface area contributed by atoms with Crippen molar-refractivity contribution in [2.75, 3.05) is 0 Å². The van der Waals surface area contributed by atoms with Gasteiger partial charge in [0.15, 0.2) is 6.29 Å². The minimum Gasteiger partial charge on any atom is -0.348 e. The lowest BCUT2D eigenvalue weighted by atomic mass is 10.1. The molecule has 0 spiro atoms. The fourth-order valence-corrected chi connectivity index (χ4v) is 2.16. The van der Waals surface area contributed by atoms with Crippen molar-refractivity contribution in [3.63, 3.8) is 0 Å². The Morgan fingerprint density at radius 3 is 3.00 bits per heavy atom. The lowest BCUT2D eigenvalue weighted by molar-refractivity contribution is 0.112. The molecule has 0 fully saturated rings. The lowest BCUT2D eigenvalue weighted by Gasteiger charge is -2.01. The molecule has 2 aromatic heterocycles. The second-order valence-electron chi connectivity index (χ2n) is 3.85. The summed E-state index contributed by atoms with van der Waals surface area (Å²) >= 11 is 0. The van der Waals surface area contributed by atoms with Crippen molar-refractivity contribution in [3.8, 4) is 0 Å². The number of rotatable bonds is 1. The highest BCUT2D eigenvalue weighted by Crippen LogP contribution is 2.26. The standard InChI is InChI=1S/C13H10N2O/c1-15-7-10(8-16)11-5-4-9-3-2-6-14-12(9)13(11)15/h2-8H,1H3. The van der Waals surface area contributed by atoms with Crippen molar-refractivity contribution in [1.82, 2.24) is 9.55 Å². The number of benzene rings is 1. The normalized spacial score (nSPS) is 11.1. The van der Waals surface area contributed by atoms with E-state index < -0.39 is 0 Å². The van der Waals surface area contributed by atoms with Crippen molar-refractivity contribution in [2.45, 2.75) is 0 Å². The molecule has 0 saturated heterocycles. The van der Waals surface area contributed by atoms with Crippen LogP contribution in [0.1, 0.15) is 10.4 Å². The van der Waals surface area contributed by atoms with E-state index in [9.17, 15) is 4.79 Å². The Labute approximate surface area is 92.3 Å². The second kappa shape index (κ2) is 3.17. The molecule has 3 nitrogen and oxygen atoms in total. The van der Waals surface area contributed by atoms with Crippen LogP contribution >= 0.6 is 0 Å². The van der Waals surface area contributed by atoms with Gasteiger partial charge < -0.3 is 4.57 Å². The summed E-state index contributed by atoms with van der Waals surface area (Å²) in [6.45, 7) is 0. The molecule has 0 aliphatic rings.